The van der Waals surface area contributed by atoms with E-state index >= 15 is 0 Å². The van der Waals surface area contributed by atoms with Gasteiger partial charge in [-0.1, -0.05) is 44.5 Å². The Morgan fingerprint density at radius 1 is 1.42 bits per heavy atom. The summed E-state index contributed by atoms with van der Waals surface area (Å²) >= 11 is 5.87. The quantitative estimate of drug-likeness (QED) is 0.816. The van der Waals surface area contributed by atoms with E-state index in [-0.39, 0.29) is 22.6 Å². The fourth-order valence-corrected chi connectivity index (χ4v) is 2.15. The number of Topliss-reactive ketones (excluding diaryl/α,β-unsaturated/α-hetero) is 1. The average Bonchev–Trinajstić information content (AvgIpc) is 2.30. The Kier molecular flexibility index (Phi) is 5.50. The van der Waals surface area contributed by atoms with E-state index in [1.807, 2.05) is 27.7 Å². The highest BCUT2D eigenvalue weighted by Crippen LogP contribution is 2.26. The molecule has 2 nitrogen and oxygen atoms in total. The van der Waals surface area contributed by atoms with Crippen molar-refractivity contribution in [2.75, 3.05) is 6.61 Å². The zero-order valence-electron chi connectivity index (χ0n) is 11.8. The minimum absolute atomic E-state index is 0.0139. The van der Waals surface area contributed by atoms with Gasteiger partial charge in [0.25, 0.3) is 0 Å². The lowest BCUT2D eigenvalue weighted by Crippen LogP contribution is -2.38. The molecule has 0 N–H and O–H groups in total. The first-order chi connectivity index (χ1) is 8.77. The maximum Gasteiger partial charge on any atom is 0.166 e. The van der Waals surface area contributed by atoms with Gasteiger partial charge in [-0.15, -0.1) is 0 Å². The van der Waals surface area contributed by atoms with Crippen molar-refractivity contribution in [3.63, 3.8) is 0 Å². The number of benzene rings is 1. The van der Waals surface area contributed by atoms with Gasteiger partial charge in [0.05, 0.1) is 5.02 Å². The third-order valence-corrected chi connectivity index (χ3v) is 3.23. The number of carbonyl (C=O) groups excluding carboxylic acids is 1. The average molecular weight is 287 g/mol. The summed E-state index contributed by atoms with van der Waals surface area (Å²) in [7, 11) is 0. The van der Waals surface area contributed by atoms with Crippen LogP contribution in [-0.4, -0.2) is 18.5 Å². The van der Waals surface area contributed by atoms with Crippen LogP contribution >= 0.6 is 11.6 Å². The van der Waals surface area contributed by atoms with E-state index in [1.165, 1.54) is 6.07 Å². The first-order valence-electron chi connectivity index (χ1n) is 6.34. The molecule has 1 rings (SSSR count). The van der Waals surface area contributed by atoms with Crippen molar-refractivity contribution in [2.24, 2.45) is 5.41 Å². The standard InChI is InChI=1S/C15H20ClFO2/c1-5-19-14(15(2,3)4)12(18)9-10-7-6-8-11(17)13(10)16/h6-8,14H,5,9H2,1-4H3. The van der Waals surface area contributed by atoms with E-state index in [4.69, 9.17) is 16.3 Å². The second-order valence-electron chi connectivity index (χ2n) is 5.56. The van der Waals surface area contributed by atoms with Crippen LogP contribution in [0.5, 0.6) is 0 Å². The molecule has 1 aromatic rings. The highest BCUT2D eigenvalue weighted by Gasteiger charge is 2.31. The van der Waals surface area contributed by atoms with Gasteiger partial charge in [-0.25, -0.2) is 4.39 Å². The lowest BCUT2D eigenvalue weighted by Gasteiger charge is -2.29. The second kappa shape index (κ2) is 6.49. The molecule has 0 amide bonds. The molecule has 1 unspecified atom stereocenters. The molecule has 0 aliphatic heterocycles. The van der Waals surface area contributed by atoms with Crippen molar-refractivity contribution in [3.8, 4) is 0 Å². The minimum Gasteiger partial charge on any atom is -0.370 e. The highest BCUT2D eigenvalue weighted by molar-refractivity contribution is 6.31. The molecule has 1 atom stereocenters. The molecule has 19 heavy (non-hydrogen) atoms. The molecule has 4 heteroatoms. The molecule has 106 valence electrons. The Morgan fingerprint density at radius 2 is 2.05 bits per heavy atom. The third-order valence-electron chi connectivity index (χ3n) is 2.81. The van der Waals surface area contributed by atoms with Crippen molar-refractivity contribution in [2.45, 2.75) is 40.2 Å². The summed E-state index contributed by atoms with van der Waals surface area (Å²) in [5.74, 6) is -0.586. The molecule has 0 aromatic heterocycles. The molecule has 0 radical (unpaired) electrons. The molecule has 0 saturated carbocycles. The lowest BCUT2D eigenvalue weighted by atomic mass is 9.84. The summed E-state index contributed by atoms with van der Waals surface area (Å²) in [6.45, 7) is 8.14. The van der Waals surface area contributed by atoms with Crippen molar-refractivity contribution in [1.82, 2.24) is 0 Å². The molecular formula is C15H20ClFO2. The summed E-state index contributed by atoms with van der Waals surface area (Å²) < 4.78 is 18.9. The molecule has 0 saturated heterocycles. The summed E-state index contributed by atoms with van der Waals surface area (Å²) in [4.78, 5) is 12.3. The van der Waals surface area contributed by atoms with E-state index in [0.29, 0.717) is 12.2 Å². The van der Waals surface area contributed by atoms with Gasteiger partial charge in [0, 0.05) is 13.0 Å². The van der Waals surface area contributed by atoms with Crippen molar-refractivity contribution < 1.29 is 13.9 Å². The Morgan fingerprint density at radius 3 is 2.58 bits per heavy atom. The summed E-state index contributed by atoms with van der Waals surface area (Å²) in [5, 5.41) is 0.0139. The Hall–Kier alpha value is -0.930. The number of ketones is 1. The zero-order valence-corrected chi connectivity index (χ0v) is 12.6. The maximum absolute atomic E-state index is 13.3. The van der Waals surface area contributed by atoms with E-state index < -0.39 is 11.9 Å². The summed E-state index contributed by atoms with van der Waals surface area (Å²) in [6.07, 6.45) is -0.435. The molecule has 0 aliphatic rings. The molecule has 0 bridgehead atoms. The van der Waals surface area contributed by atoms with Gasteiger partial charge in [0.15, 0.2) is 5.78 Å². The number of halogens is 2. The smallest absolute Gasteiger partial charge is 0.166 e. The molecule has 0 spiro atoms. The second-order valence-corrected chi connectivity index (χ2v) is 5.94. The first kappa shape index (κ1) is 16.1. The normalized spacial score (nSPS) is 13.4. The minimum atomic E-state index is -0.517. The van der Waals surface area contributed by atoms with E-state index in [9.17, 15) is 9.18 Å². The van der Waals surface area contributed by atoms with Crippen molar-refractivity contribution >= 4 is 17.4 Å². The monoisotopic (exact) mass is 286 g/mol. The van der Waals surface area contributed by atoms with Crippen LogP contribution in [0, 0.1) is 11.2 Å². The number of carbonyl (C=O) groups is 1. The van der Waals surface area contributed by atoms with Gasteiger partial charge in [-0.05, 0) is 24.0 Å². The Balaban J connectivity index is 2.91. The molecule has 0 aliphatic carbocycles. The first-order valence-corrected chi connectivity index (χ1v) is 6.72. The van der Waals surface area contributed by atoms with Gasteiger partial charge >= 0.3 is 0 Å². The van der Waals surface area contributed by atoms with E-state index in [0.717, 1.165) is 0 Å². The Labute approximate surface area is 118 Å². The zero-order chi connectivity index (χ0) is 14.6. The third kappa shape index (κ3) is 4.29. The van der Waals surface area contributed by atoms with Gasteiger partial charge in [0.2, 0.25) is 0 Å². The van der Waals surface area contributed by atoms with Gasteiger partial charge < -0.3 is 4.74 Å². The number of hydrogen-bond acceptors (Lipinski definition) is 2. The summed E-state index contributed by atoms with van der Waals surface area (Å²) in [5.41, 5.74) is 0.202. The molecule has 0 heterocycles. The maximum atomic E-state index is 13.3. The SMILES string of the molecule is CCOC(C(=O)Cc1cccc(F)c1Cl)C(C)(C)C. The predicted molar refractivity (Wildman–Crippen MR) is 75.0 cm³/mol. The topological polar surface area (TPSA) is 26.3 Å². The van der Waals surface area contributed by atoms with Gasteiger partial charge in [0.1, 0.15) is 11.9 Å². The molecule has 0 fully saturated rings. The van der Waals surface area contributed by atoms with Crippen LogP contribution in [0.3, 0.4) is 0 Å². The van der Waals surface area contributed by atoms with Crippen molar-refractivity contribution in [3.05, 3.63) is 34.6 Å². The highest BCUT2D eigenvalue weighted by atomic mass is 35.5. The van der Waals surface area contributed by atoms with Crippen LogP contribution in [0.1, 0.15) is 33.3 Å². The number of ether oxygens (including phenoxy) is 1. The van der Waals surface area contributed by atoms with Crippen LogP contribution in [0.25, 0.3) is 0 Å². The van der Waals surface area contributed by atoms with E-state index in [1.54, 1.807) is 12.1 Å². The number of hydrogen-bond donors (Lipinski definition) is 0. The van der Waals surface area contributed by atoms with Crippen LogP contribution in [0.15, 0.2) is 18.2 Å². The summed E-state index contributed by atoms with van der Waals surface area (Å²) in [6, 6.07) is 4.49. The van der Waals surface area contributed by atoms with Crippen LogP contribution < -0.4 is 0 Å². The molecule has 1 aromatic carbocycles. The van der Waals surface area contributed by atoms with Crippen LogP contribution in [0.4, 0.5) is 4.39 Å². The Bertz CT molecular complexity index is 452. The van der Waals surface area contributed by atoms with Crippen LogP contribution in [-0.2, 0) is 16.0 Å². The largest absolute Gasteiger partial charge is 0.370 e. The van der Waals surface area contributed by atoms with E-state index in [2.05, 4.69) is 0 Å². The van der Waals surface area contributed by atoms with Crippen molar-refractivity contribution in [1.29, 1.82) is 0 Å². The van der Waals surface area contributed by atoms with Crippen LogP contribution in [0.2, 0.25) is 5.02 Å². The number of rotatable bonds is 5. The fourth-order valence-electron chi connectivity index (χ4n) is 1.96. The van der Waals surface area contributed by atoms with Gasteiger partial charge in [-0.2, -0.15) is 0 Å². The lowest BCUT2D eigenvalue weighted by molar-refractivity contribution is -0.136. The molecular weight excluding hydrogens is 267 g/mol. The predicted octanol–water partition coefficient (Wildman–Crippen LogP) is 4.04. The van der Waals surface area contributed by atoms with Gasteiger partial charge in [-0.3, -0.25) is 4.79 Å². The fraction of sp³-hybridized carbons (Fsp3) is 0.533.